The molecule has 0 saturated heterocycles. The lowest BCUT2D eigenvalue weighted by molar-refractivity contribution is -0.126. The summed E-state index contributed by atoms with van der Waals surface area (Å²) in [5.41, 5.74) is 6.23. The average Bonchev–Trinajstić information content (AvgIpc) is 2.47. The van der Waals surface area contributed by atoms with Crippen LogP contribution in [0.2, 0.25) is 0 Å². The van der Waals surface area contributed by atoms with E-state index in [1.807, 2.05) is 24.3 Å². The number of nitrogens with two attached hydrogens (primary N) is 1. The third-order valence-corrected chi connectivity index (χ3v) is 4.66. The number of halogens is 1. The molecule has 3 N–H and O–H groups in total. The third kappa shape index (κ3) is 3.59. The van der Waals surface area contributed by atoms with E-state index in [4.69, 9.17) is 11.0 Å². The molecule has 2 rings (SSSR count). The van der Waals surface area contributed by atoms with E-state index in [0.29, 0.717) is 32.2 Å². The predicted molar refractivity (Wildman–Crippen MR) is 80.5 cm³/mol. The number of hydrogen-bond donors (Lipinski definition) is 2. The van der Waals surface area contributed by atoms with Crippen LogP contribution in [0.1, 0.15) is 31.2 Å². The van der Waals surface area contributed by atoms with Crippen molar-refractivity contribution in [1.82, 2.24) is 5.32 Å². The van der Waals surface area contributed by atoms with Gasteiger partial charge in [0.15, 0.2) is 0 Å². The molecule has 5 heteroatoms. The van der Waals surface area contributed by atoms with Crippen molar-refractivity contribution in [3.63, 3.8) is 0 Å². The molecule has 0 unspecified atom stereocenters. The van der Waals surface area contributed by atoms with Crippen molar-refractivity contribution < 1.29 is 4.79 Å². The Morgan fingerprint density at radius 3 is 2.70 bits per heavy atom. The molecule has 0 aromatic heterocycles. The highest BCUT2D eigenvalue weighted by Gasteiger charge is 2.34. The number of carbonyl (C=O) groups is 1. The summed E-state index contributed by atoms with van der Waals surface area (Å²) in [5.74, 6) is 0.0308. The summed E-state index contributed by atoms with van der Waals surface area (Å²) in [7, 11) is 0. The number of amides is 1. The first-order valence-corrected chi connectivity index (χ1v) is 7.55. The Balaban J connectivity index is 1.85. The molecule has 1 aliphatic rings. The van der Waals surface area contributed by atoms with Gasteiger partial charge < -0.3 is 11.1 Å². The molecule has 0 bridgehead atoms. The van der Waals surface area contributed by atoms with Crippen molar-refractivity contribution >= 4 is 21.8 Å². The molecule has 1 amide bonds. The van der Waals surface area contributed by atoms with Crippen LogP contribution in [0.15, 0.2) is 28.7 Å². The Bertz CT molecular complexity index is 530. The van der Waals surface area contributed by atoms with E-state index in [9.17, 15) is 4.79 Å². The molecule has 0 aliphatic heterocycles. The SMILES string of the molecule is N#CC1(N)CCC(C(=O)NCc2ccccc2Br)CC1. The molecule has 1 fully saturated rings. The molecule has 0 heterocycles. The van der Waals surface area contributed by atoms with Crippen LogP contribution >= 0.6 is 15.9 Å². The average molecular weight is 336 g/mol. The number of carbonyl (C=O) groups excluding carboxylic acids is 1. The second kappa shape index (κ2) is 6.38. The zero-order valence-electron chi connectivity index (χ0n) is 11.2. The van der Waals surface area contributed by atoms with Gasteiger partial charge in [0.25, 0.3) is 0 Å². The van der Waals surface area contributed by atoms with Crippen LogP contribution in [0.4, 0.5) is 0 Å². The van der Waals surface area contributed by atoms with E-state index in [-0.39, 0.29) is 11.8 Å². The van der Waals surface area contributed by atoms with Crippen molar-refractivity contribution in [3.05, 3.63) is 34.3 Å². The highest BCUT2D eigenvalue weighted by Crippen LogP contribution is 2.30. The summed E-state index contributed by atoms with van der Waals surface area (Å²) in [5, 5.41) is 11.9. The molecule has 0 atom stereocenters. The van der Waals surface area contributed by atoms with Crippen molar-refractivity contribution in [2.75, 3.05) is 0 Å². The minimum atomic E-state index is -0.737. The first-order valence-electron chi connectivity index (χ1n) is 6.75. The second-order valence-electron chi connectivity index (χ2n) is 5.35. The smallest absolute Gasteiger partial charge is 0.223 e. The Morgan fingerprint density at radius 1 is 1.45 bits per heavy atom. The number of benzene rings is 1. The molecule has 0 spiro atoms. The van der Waals surface area contributed by atoms with E-state index in [0.717, 1.165) is 10.0 Å². The fraction of sp³-hybridized carbons (Fsp3) is 0.467. The van der Waals surface area contributed by atoms with Gasteiger partial charge in [0.1, 0.15) is 5.54 Å². The van der Waals surface area contributed by atoms with Crippen LogP contribution in [-0.4, -0.2) is 11.4 Å². The van der Waals surface area contributed by atoms with Crippen LogP contribution in [-0.2, 0) is 11.3 Å². The summed E-state index contributed by atoms with van der Waals surface area (Å²) in [4.78, 5) is 12.1. The third-order valence-electron chi connectivity index (χ3n) is 3.88. The molecule has 1 aromatic rings. The van der Waals surface area contributed by atoms with Crippen LogP contribution in [0, 0.1) is 17.2 Å². The molecule has 1 aromatic carbocycles. The van der Waals surface area contributed by atoms with Gasteiger partial charge in [0, 0.05) is 16.9 Å². The summed E-state index contributed by atoms with van der Waals surface area (Å²) in [6.07, 6.45) is 2.56. The van der Waals surface area contributed by atoms with Crippen molar-refractivity contribution in [2.24, 2.45) is 11.7 Å². The minimum Gasteiger partial charge on any atom is -0.352 e. The lowest BCUT2D eigenvalue weighted by Gasteiger charge is -2.31. The Morgan fingerprint density at radius 2 is 2.10 bits per heavy atom. The van der Waals surface area contributed by atoms with E-state index in [1.165, 1.54) is 0 Å². The summed E-state index contributed by atoms with van der Waals surface area (Å²) in [6.45, 7) is 0.517. The van der Waals surface area contributed by atoms with Gasteiger partial charge in [-0.15, -0.1) is 0 Å². The van der Waals surface area contributed by atoms with Crippen molar-refractivity contribution in [2.45, 2.75) is 37.8 Å². The zero-order valence-corrected chi connectivity index (χ0v) is 12.8. The maximum Gasteiger partial charge on any atom is 0.223 e. The number of rotatable bonds is 3. The van der Waals surface area contributed by atoms with E-state index < -0.39 is 5.54 Å². The molecule has 0 radical (unpaired) electrons. The van der Waals surface area contributed by atoms with Gasteiger partial charge in [-0.05, 0) is 37.3 Å². The van der Waals surface area contributed by atoms with Gasteiger partial charge in [-0.1, -0.05) is 34.1 Å². The Labute approximate surface area is 127 Å². The maximum atomic E-state index is 12.1. The predicted octanol–water partition coefficient (Wildman–Crippen LogP) is 2.48. The van der Waals surface area contributed by atoms with Gasteiger partial charge in [0.05, 0.1) is 6.07 Å². The van der Waals surface area contributed by atoms with Gasteiger partial charge in [0.2, 0.25) is 5.91 Å². The molecule has 4 nitrogen and oxygen atoms in total. The molecule has 20 heavy (non-hydrogen) atoms. The lowest BCUT2D eigenvalue weighted by atomic mass is 9.77. The molecule has 1 saturated carbocycles. The second-order valence-corrected chi connectivity index (χ2v) is 6.21. The highest BCUT2D eigenvalue weighted by molar-refractivity contribution is 9.10. The summed E-state index contributed by atoms with van der Waals surface area (Å²) in [6, 6.07) is 9.97. The van der Waals surface area contributed by atoms with Crippen molar-refractivity contribution in [1.29, 1.82) is 5.26 Å². The number of nitrogens with zero attached hydrogens (tertiary/aromatic N) is 1. The number of nitriles is 1. The summed E-state index contributed by atoms with van der Waals surface area (Å²) < 4.78 is 0.995. The zero-order chi connectivity index (χ0) is 14.6. The Kier molecular flexibility index (Phi) is 4.79. The quantitative estimate of drug-likeness (QED) is 0.890. The lowest BCUT2D eigenvalue weighted by Crippen LogP contribution is -2.44. The largest absolute Gasteiger partial charge is 0.352 e. The monoisotopic (exact) mass is 335 g/mol. The maximum absolute atomic E-state index is 12.1. The summed E-state index contributed by atoms with van der Waals surface area (Å²) >= 11 is 3.46. The van der Waals surface area contributed by atoms with E-state index in [2.05, 4.69) is 27.3 Å². The highest BCUT2D eigenvalue weighted by atomic mass is 79.9. The van der Waals surface area contributed by atoms with Crippen LogP contribution in [0.25, 0.3) is 0 Å². The first-order chi connectivity index (χ1) is 9.54. The van der Waals surface area contributed by atoms with Crippen molar-refractivity contribution in [3.8, 4) is 6.07 Å². The number of hydrogen-bond acceptors (Lipinski definition) is 3. The van der Waals surface area contributed by atoms with Gasteiger partial charge in [-0.3, -0.25) is 4.79 Å². The first kappa shape index (κ1) is 15.0. The standard InChI is InChI=1S/C15H18BrN3O/c16-13-4-2-1-3-12(13)9-19-14(20)11-5-7-15(18,10-17)8-6-11/h1-4,11H,5-9,18H2,(H,19,20). The number of nitrogens with one attached hydrogen (secondary N) is 1. The van der Waals surface area contributed by atoms with Gasteiger partial charge >= 0.3 is 0 Å². The fourth-order valence-corrected chi connectivity index (χ4v) is 2.90. The topological polar surface area (TPSA) is 78.9 Å². The normalized spacial score (nSPS) is 25.8. The van der Waals surface area contributed by atoms with Gasteiger partial charge in [-0.2, -0.15) is 5.26 Å². The molecular weight excluding hydrogens is 318 g/mol. The van der Waals surface area contributed by atoms with Crippen LogP contribution in [0.3, 0.4) is 0 Å². The van der Waals surface area contributed by atoms with Crippen LogP contribution < -0.4 is 11.1 Å². The Hall–Kier alpha value is -1.38. The van der Waals surface area contributed by atoms with E-state index in [1.54, 1.807) is 0 Å². The molecule has 1 aliphatic carbocycles. The fourth-order valence-electron chi connectivity index (χ4n) is 2.48. The molecular formula is C15H18BrN3O. The van der Waals surface area contributed by atoms with Crippen LogP contribution in [0.5, 0.6) is 0 Å². The van der Waals surface area contributed by atoms with Gasteiger partial charge in [-0.25, -0.2) is 0 Å². The van der Waals surface area contributed by atoms with E-state index >= 15 is 0 Å². The minimum absolute atomic E-state index is 0.0255. The molecule has 106 valence electrons.